The molecular weight excluding hydrogens is 368 g/mol. The lowest BCUT2D eigenvalue weighted by Crippen LogP contribution is -2.57. The quantitative estimate of drug-likeness (QED) is 0.844. The fourth-order valence-electron chi connectivity index (χ4n) is 3.35. The van der Waals surface area contributed by atoms with Gasteiger partial charge in [-0.2, -0.15) is 0 Å². The zero-order valence-electron chi connectivity index (χ0n) is 15.9. The molecule has 2 heterocycles. The summed E-state index contributed by atoms with van der Waals surface area (Å²) in [5.41, 5.74) is 0.795. The van der Waals surface area contributed by atoms with Crippen molar-refractivity contribution in [1.29, 1.82) is 0 Å². The van der Waals surface area contributed by atoms with E-state index in [1.54, 1.807) is 36.1 Å². The van der Waals surface area contributed by atoms with Crippen molar-refractivity contribution >= 4 is 17.5 Å². The number of ether oxygens (including phenoxy) is 1. The Bertz CT molecular complexity index is 799. The third-order valence-electron chi connectivity index (χ3n) is 5.16. The van der Waals surface area contributed by atoms with Gasteiger partial charge in [0.15, 0.2) is 0 Å². The maximum atomic E-state index is 12.7. The average molecular weight is 393 g/mol. The summed E-state index contributed by atoms with van der Waals surface area (Å²) >= 11 is 6.01. The minimum absolute atomic E-state index is 0.0326. The van der Waals surface area contributed by atoms with Crippen LogP contribution in [-0.2, 0) is 11.2 Å². The number of piperidine rings is 1. The molecule has 146 valence electrons. The Morgan fingerprint density at radius 1 is 1.48 bits per heavy atom. The molecule has 3 rings (SSSR count). The summed E-state index contributed by atoms with van der Waals surface area (Å²) in [5, 5.41) is 15.2. The number of aryl methyl sites for hydroxylation is 2. The first-order valence-electron chi connectivity index (χ1n) is 9.10. The van der Waals surface area contributed by atoms with Gasteiger partial charge in [0.2, 0.25) is 5.91 Å². The fourth-order valence-corrected chi connectivity index (χ4v) is 3.53. The third-order valence-corrected chi connectivity index (χ3v) is 5.40. The Balaban J connectivity index is 1.64. The molecule has 0 unspecified atom stereocenters. The largest absolute Gasteiger partial charge is 0.486 e. The molecule has 2 aromatic rings. The van der Waals surface area contributed by atoms with Gasteiger partial charge in [-0.05, 0) is 51.8 Å². The highest BCUT2D eigenvalue weighted by Crippen LogP contribution is 2.28. The predicted octanol–water partition coefficient (Wildman–Crippen LogP) is 3.31. The van der Waals surface area contributed by atoms with Crippen LogP contribution in [0.4, 0.5) is 0 Å². The van der Waals surface area contributed by atoms with E-state index in [9.17, 15) is 9.90 Å². The molecular formula is C20H25ClN2O4. The van der Waals surface area contributed by atoms with Crippen LogP contribution in [0.1, 0.15) is 36.8 Å². The minimum Gasteiger partial charge on any atom is -0.486 e. The molecule has 1 aromatic carbocycles. The maximum absolute atomic E-state index is 12.7. The van der Waals surface area contributed by atoms with Gasteiger partial charge < -0.3 is 19.3 Å². The van der Waals surface area contributed by atoms with Gasteiger partial charge in [0.1, 0.15) is 23.2 Å². The van der Waals surface area contributed by atoms with E-state index in [0.717, 1.165) is 17.0 Å². The molecule has 0 aliphatic carbocycles. The molecule has 1 aromatic heterocycles. The summed E-state index contributed by atoms with van der Waals surface area (Å²) in [6, 6.07) is 7.05. The van der Waals surface area contributed by atoms with Gasteiger partial charge in [0.05, 0.1) is 12.2 Å². The molecule has 1 aliphatic heterocycles. The van der Waals surface area contributed by atoms with Crippen LogP contribution in [0, 0.1) is 13.8 Å². The summed E-state index contributed by atoms with van der Waals surface area (Å²) in [6.07, 6.45) is 0.893. The van der Waals surface area contributed by atoms with Crippen LogP contribution >= 0.6 is 11.6 Å². The summed E-state index contributed by atoms with van der Waals surface area (Å²) in [6.45, 7) is 6.31. The number of rotatable bonds is 5. The minimum atomic E-state index is -1.01. The topological polar surface area (TPSA) is 75.8 Å². The number of nitrogens with zero attached hydrogens (tertiary/aromatic N) is 2. The van der Waals surface area contributed by atoms with Gasteiger partial charge in [0.25, 0.3) is 0 Å². The van der Waals surface area contributed by atoms with E-state index < -0.39 is 11.7 Å². The molecule has 6 nitrogen and oxygen atoms in total. The number of carbonyl (C=O) groups is 1. The molecule has 27 heavy (non-hydrogen) atoms. The van der Waals surface area contributed by atoms with Crippen LogP contribution in [0.15, 0.2) is 28.8 Å². The predicted molar refractivity (Wildman–Crippen MR) is 102 cm³/mol. The van der Waals surface area contributed by atoms with Crippen LogP contribution in [0.5, 0.6) is 5.75 Å². The number of aromatic nitrogens is 1. The van der Waals surface area contributed by atoms with Crippen molar-refractivity contribution < 1.29 is 19.2 Å². The van der Waals surface area contributed by atoms with Crippen LogP contribution in [0.2, 0.25) is 5.02 Å². The molecule has 0 spiro atoms. The van der Waals surface area contributed by atoms with Gasteiger partial charge >= 0.3 is 0 Å². The molecule has 1 aliphatic rings. The molecule has 0 radical (unpaired) electrons. The summed E-state index contributed by atoms with van der Waals surface area (Å²) in [5.74, 6) is 1.37. The molecule has 1 N–H and O–H groups in total. The number of carbonyl (C=O) groups excluding carboxylic acids is 1. The van der Waals surface area contributed by atoms with Gasteiger partial charge in [-0.25, -0.2) is 0 Å². The van der Waals surface area contributed by atoms with Crippen molar-refractivity contribution in [1.82, 2.24) is 10.1 Å². The monoisotopic (exact) mass is 392 g/mol. The summed E-state index contributed by atoms with van der Waals surface area (Å²) in [4.78, 5) is 14.5. The smallest absolute Gasteiger partial charge is 0.223 e. The van der Waals surface area contributed by atoms with Gasteiger partial charge in [-0.15, -0.1) is 0 Å². The standard InChI is InChI=1S/C20H25ClN2O4/c1-13-17(14(2)27-22-13)7-8-19(24)23-10-9-20(3,25)18(12-23)26-16-6-4-5-15(21)11-16/h4-6,11,18,25H,7-10,12H2,1-3H3/t18-,20-/m0/s1. The second-order valence-electron chi connectivity index (χ2n) is 7.31. The molecule has 1 fully saturated rings. The first kappa shape index (κ1) is 19.7. The van der Waals surface area contributed by atoms with Crippen LogP contribution < -0.4 is 4.74 Å². The highest BCUT2D eigenvalue weighted by Gasteiger charge is 2.40. The van der Waals surface area contributed by atoms with Crippen molar-refractivity contribution in [2.75, 3.05) is 13.1 Å². The molecule has 0 saturated carbocycles. The van der Waals surface area contributed by atoms with E-state index in [1.165, 1.54) is 0 Å². The first-order chi connectivity index (χ1) is 12.8. The molecule has 1 saturated heterocycles. The molecule has 7 heteroatoms. The van der Waals surface area contributed by atoms with Crippen LogP contribution in [-0.4, -0.2) is 45.9 Å². The highest BCUT2D eigenvalue weighted by molar-refractivity contribution is 6.30. The van der Waals surface area contributed by atoms with Crippen LogP contribution in [0.25, 0.3) is 0 Å². The van der Waals surface area contributed by atoms with E-state index >= 15 is 0 Å². The number of hydrogen-bond donors (Lipinski definition) is 1. The van der Waals surface area contributed by atoms with E-state index in [2.05, 4.69) is 5.16 Å². The van der Waals surface area contributed by atoms with Gasteiger partial charge in [-0.1, -0.05) is 22.8 Å². The van der Waals surface area contributed by atoms with Crippen molar-refractivity contribution in [3.63, 3.8) is 0 Å². The van der Waals surface area contributed by atoms with E-state index in [-0.39, 0.29) is 5.91 Å². The Labute approximate surface area is 164 Å². The van der Waals surface area contributed by atoms with Crippen molar-refractivity contribution in [3.8, 4) is 5.75 Å². The maximum Gasteiger partial charge on any atom is 0.223 e. The molecule has 1 amide bonds. The lowest BCUT2D eigenvalue weighted by Gasteiger charge is -2.42. The number of benzene rings is 1. The lowest BCUT2D eigenvalue weighted by atomic mass is 9.90. The number of aliphatic hydroxyl groups is 1. The number of halogens is 1. The molecule has 0 bridgehead atoms. The van der Waals surface area contributed by atoms with Crippen molar-refractivity contribution in [2.45, 2.75) is 51.7 Å². The van der Waals surface area contributed by atoms with E-state index in [4.69, 9.17) is 20.9 Å². The highest BCUT2D eigenvalue weighted by atomic mass is 35.5. The molecule has 2 atom stereocenters. The van der Waals surface area contributed by atoms with Crippen LogP contribution in [0.3, 0.4) is 0 Å². The number of hydrogen-bond acceptors (Lipinski definition) is 5. The Hall–Kier alpha value is -2.05. The first-order valence-corrected chi connectivity index (χ1v) is 9.48. The Kier molecular flexibility index (Phi) is 5.77. The average Bonchev–Trinajstić information content (AvgIpc) is 2.93. The lowest BCUT2D eigenvalue weighted by molar-refractivity contribution is -0.143. The van der Waals surface area contributed by atoms with Crippen molar-refractivity contribution in [3.05, 3.63) is 46.3 Å². The van der Waals surface area contributed by atoms with Gasteiger partial charge in [0, 0.05) is 23.6 Å². The number of likely N-dealkylation sites (tertiary alicyclic amines) is 1. The zero-order chi connectivity index (χ0) is 19.6. The zero-order valence-corrected chi connectivity index (χ0v) is 16.6. The second kappa shape index (κ2) is 7.90. The summed E-state index contributed by atoms with van der Waals surface area (Å²) < 4.78 is 11.1. The Morgan fingerprint density at radius 3 is 2.93 bits per heavy atom. The summed E-state index contributed by atoms with van der Waals surface area (Å²) in [7, 11) is 0. The fraction of sp³-hybridized carbons (Fsp3) is 0.500. The SMILES string of the molecule is Cc1noc(C)c1CCC(=O)N1CC[C@](C)(O)[C@@H](Oc2cccc(Cl)c2)C1. The van der Waals surface area contributed by atoms with Gasteiger partial charge in [-0.3, -0.25) is 4.79 Å². The van der Waals surface area contributed by atoms with Crippen molar-refractivity contribution in [2.24, 2.45) is 0 Å². The normalized spacial score (nSPS) is 22.7. The van der Waals surface area contributed by atoms with E-state index in [0.29, 0.717) is 43.1 Å². The number of amides is 1. The second-order valence-corrected chi connectivity index (χ2v) is 7.75. The third kappa shape index (κ3) is 4.62. The Morgan fingerprint density at radius 2 is 2.26 bits per heavy atom. The van der Waals surface area contributed by atoms with E-state index in [1.807, 2.05) is 13.8 Å².